The van der Waals surface area contributed by atoms with Crippen LogP contribution < -0.4 is 4.74 Å². The van der Waals surface area contributed by atoms with E-state index in [0.29, 0.717) is 5.90 Å². The number of hydrogen-bond donors (Lipinski definition) is 0. The summed E-state index contributed by atoms with van der Waals surface area (Å²) in [5.74, 6) is 2.48. The van der Waals surface area contributed by atoms with Crippen molar-refractivity contribution in [2.75, 3.05) is 5.75 Å². The van der Waals surface area contributed by atoms with E-state index in [4.69, 9.17) is 4.74 Å². The smallest absolute Gasteiger partial charge is 0.220 e. The average molecular weight is 297 g/mol. The minimum atomic E-state index is 0.594. The second kappa shape index (κ2) is 9.03. The number of aliphatic imine (C=N–C) groups is 1. The number of ether oxygens (including phenoxy) is 1. The number of thioether (sulfide) groups is 1. The summed E-state index contributed by atoms with van der Waals surface area (Å²) in [5.41, 5.74) is 0.883. The SMILES string of the molecule is CCCSC=CC(=Nc1ccccc1)Oc1ccccc1. The van der Waals surface area contributed by atoms with Gasteiger partial charge in [-0.1, -0.05) is 43.3 Å². The first-order valence-electron chi connectivity index (χ1n) is 7.03. The van der Waals surface area contributed by atoms with Gasteiger partial charge in [-0.2, -0.15) is 0 Å². The fourth-order valence-corrected chi connectivity index (χ4v) is 2.21. The third-order valence-corrected chi connectivity index (χ3v) is 3.56. The molecule has 0 bridgehead atoms. The maximum Gasteiger partial charge on any atom is 0.220 e. The molecule has 0 heterocycles. The van der Waals surface area contributed by atoms with Crippen molar-refractivity contribution in [1.82, 2.24) is 0 Å². The summed E-state index contributed by atoms with van der Waals surface area (Å²) in [7, 11) is 0. The third kappa shape index (κ3) is 5.88. The Morgan fingerprint density at radius 2 is 1.71 bits per heavy atom. The fourth-order valence-electron chi connectivity index (χ4n) is 1.63. The average Bonchev–Trinajstić information content (AvgIpc) is 2.53. The van der Waals surface area contributed by atoms with E-state index in [2.05, 4.69) is 11.9 Å². The van der Waals surface area contributed by atoms with E-state index in [0.717, 1.165) is 23.6 Å². The third-order valence-electron chi connectivity index (χ3n) is 2.59. The zero-order valence-electron chi connectivity index (χ0n) is 12.1. The van der Waals surface area contributed by atoms with Crippen molar-refractivity contribution in [2.24, 2.45) is 4.99 Å². The lowest BCUT2D eigenvalue weighted by Gasteiger charge is -2.05. The first kappa shape index (κ1) is 15.4. The highest BCUT2D eigenvalue weighted by Crippen LogP contribution is 2.15. The van der Waals surface area contributed by atoms with Crippen LogP contribution in [0.1, 0.15) is 13.3 Å². The van der Waals surface area contributed by atoms with Gasteiger partial charge in [0.25, 0.3) is 0 Å². The predicted molar refractivity (Wildman–Crippen MR) is 92.5 cm³/mol. The molecule has 0 radical (unpaired) electrons. The molecule has 0 N–H and O–H groups in total. The lowest BCUT2D eigenvalue weighted by Crippen LogP contribution is -2.04. The second-order valence-corrected chi connectivity index (χ2v) is 5.39. The lowest BCUT2D eigenvalue weighted by atomic mass is 10.3. The molecule has 21 heavy (non-hydrogen) atoms. The van der Waals surface area contributed by atoms with Crippen molar-refractivity contribution < 1.29 is 4.74 Å². The highest BCUT2D eigenvalue weighted by Gasteiger charge is 1.99. The van der Waals surface area contributed by atoms with Crippen molar-refractivity contribution in [1.29, 1.82) is 0 Å². The normalized spacial score (nSPS) is 11.8. The second-order valence-electron chi connectivity index (χ2n) is 4.37. The van der Waals surface area contributed by atoms with Crippen LogP contribution in [0.25, 0.3) is 0 Å². The molecule has 0 unspecified atom stereocenters. The Bertz CT molecular complexity index is 579. The van der Waals surface area contributed by atoms with Crippen LogP contribution in [0.3, 0.4) is 0 Å². The first-order valence-corrected chi connectivity index (χ1v) is 8.08. The number of benzene rings is 2. The number of rotatable bonds is 6. The van der Waals surface area contributed by atoms with Gasteiger partial charge in [0.15, 0.2) is 0 Å². The molecule has 0 saturated carbocycles. The van der Waals surface area contributed by atoms with Crippen LogP contribution in [0, 0.1) is 0 Å². The molecule has 0 aliphatic heterocycles. The Labute approximate surface area is 130 Å². The summed E-state index contributed by atoms with van der Waals surface area (Å²) in [6.07, 6.45) is 3.07. The standard InChI is InChI=1S/C18H19NOS/c1-2-14-21-15-13-18(19-16-9-5-3-6-10-16)20-17-11-7-4-8-12-17/h3-13,15H,2,14H2,1H3. The molecule has 3 heteroatoms. The Hall–Kier alpha value is -2.00. The minimum absolute atomic E-state index is 0.594. The maximum absolute atomic E-state index is 5.85. The Morgan fingerprint density at radius 3 is 2.38 bits per heavy atom. The van der Waals surface area contributed by atoms with Crippen LogP contribution in [-0.4, -0.2) is 11.7 Å². The first-order chi connectivity index (χ1) is 10.4. The Morgan fingerprint density at radius 1 is 1.05 bits per heavy atom. The zero-order chi connectivity index (χ0) is 14.8. The number of para-hydroxylation sites is 2. The molecule has 0 aromatic heterocycles. The van der Waals surface area contributed by atoms with Gasteiger partial charge in [-0.3, -0.25) is 0 Å². The molecule has 0 fully saturated rings. The molecule has 0 amide bonds. The van der Waals surface area contributed by atoms with E-state index < -0.39 is 0 Å². The Balaban J connectivity index is 2.14. The molecule has 2 aromatic rings. The van der Waals surface area contributed by atoms with Crippen molar-refractivity contribution in [3.8, 4) is 5.75 Å². The summed E-state index contributed by atoms with van der Waals surface area (Å²) in [6.45, 7) is 2.17. The lowest BCUT2D eigenvalue weighted by molar-refractivity contribution is 0.556. The van der Waals surface area contributed by atoms with Gasteiger partial charge in [-0.15, -0.1) is 11.8 Å². The molecule has 0 aliphatic carbocycles. The highest BCUT2D eigenvalue weighted by atomic mass is 32.2. The van der Waals surface area contributed by atoms with Gasteiger partial charge in [0.2, 0.25) is 5.90 Å². The summed E-state index contributed by atoms with van der Waals surface area (Å²) >= 11 is 1.76. The zero-order valence-corrected chi connectivity index (χ0v) is 12.9. The molecule has 0 aliphatic rings. The molecular formula is C18H19NOS. The number of nitrogens with zero attached hydrogens (tertiary/aromatic N) is 1. The molecular weight excluding hydrogens is 278 g/mol. The predicted octanol–water partition coefficient (Wildman–Crippen LogP) is 5.45. The summed E-state index contributed by atoms with van der Waals surface area (Å²) in [4.78, 5) is 4.55. The maximum atomic E-state index is 5.85. The molecule has 0 spiro atoms. The van der Waals surface area contributed by atoms with Crippen LogP contribution in [0.5, 0.6) is 5.75 Å². The monoisotopic (exact) mass is 297 g/mol. The summed E-state index contributed by atoms with van der Waals surface area (Å²) in [5, 5.41) is 2.04. The minimum Gasteiger partial charge on any atom is -0.439 e. The molecule has 0 atom stereocenters. The fraction of sp³-hybridized carbons (Fsp3) is 0.167. The van der Waals surface area contributed by atoms with E-state index >= 15 is 0 Å². The van der Waals surface area contributed by atoms with E-state index in [1.807, 2.05) is 72.1 Å². The van der Waals surface area contributed by atoms with Gasteiger partial charge < -0.3 is 4.74 Å². The van der Waals surface area contributed by atoms with Crippen molar-refractivity contribution in [3.05, 3.63) is 72.1 Å². The van der Waals surface area contributed by atoms with Gasteiger partial charge in [0.05, 0.1) is 5.69 Å². The van der Waals surface area contributed by atoms with E-state index in [9.17, 15) is 0 Å². The van der Waals surface area contributed by atoms with Crippen LogP contribution in [0.4, 0.5) is 5.69 Å². The van der Waals surface area contributed by atoms with Crippen LogP contribution in [0.2, 0.25) is 0 Å². The summed E-state index contributed by atoms with van der Waals surface area (Å²) < 4.78 is 5.85. The van der Waals surface area contributed by atoms with Gasteiger partial charge in [0.1, 0.15) is 5.75 Å². The van der Waals surface area contributed by atoms with E-state index in [-0.39, 0.29) is 0 Å². The molecule has 108 valence electrons. The van der Waals surface area contributed by atoms with E-state index in [1.165, 1.54) is 0 Å². The molecule has 0 saturated heterocycles. The Kier molecular flexibility index (Phi) is 6.62. The molecule has 2 rings (SSSR count). The van der Waals surface area contributed by atoms with Crippen molar-refractivity contribution >= 4 is 23.3 Å². The van der Waals surface area contributed by atoms with Gasteiger partial charge in [0, 0.05) is 6.08 Å². The molecule has 2 aromatic carbocycles. The van der Waals surface area contributed by atoms with Gasteiger partial charge >= 0.3 is 0 Å². The van der Waals surface area contributed by atoms with E-state index in [1.54, 1.807) is 11.8 Å². The van der Waals surface area contributed by atoms with Crippen LogP contribution in [-0.2, 0) is 0 Å². The topological polar surface area (TPSA) is 21.6 Å². The number of hydrogen-bond acceptors (Lipinski definition) is 3. The van der Waals surface area contributed by atoms with Crippen LogP contribution >= 0.6 is 11.8 Å². The van der Waals surface area contributed by atoms with Gasteiger partial charge in [-0.25, -0.2) is 4.99 Å². The molecule has 2 nitrogen and oxygen atoms in total. The highest BCUT2D eigenvalue weighted by molar-refractivity contribution is 8.02. The quantitative estimate of drug-likeness (QED) is 0.401. The summed E-state index contributed by atoms with van der Waals surface area (Å²) in [6, 6.07) is 19.5. The largest absolute Gasteiger partial charge is 0.439 e. The van der Waals surface area contributed by atoms with Crippen LogP contribution in [0.15, 0.2) is 77.1 Å². The van der Waals surface area contributed by atoms with Gasteiger partial charge in [-0.05, 0) is 41.8 Å². The van der Waals surface area contributed by atoms with Crippen molar-refractivity contribution in [3.63, 3.8) is 0 Å². The van der Waals surface area contributed by atoms with Crippen molar-refractivity contribution in [2.45, 2.75) is 13.3 Å².